The topological polar surface area (TPSA) is 64.3 Å². The number of carbonyl (C=O) groups excluding carboxylic acids is 1. The highest BCUT2D eigenvalue weighted by molar-refractivity contribution is 9.10. The minimum absolute atomic E-state index is 0.174. The lowest BCUT2D eigenvalue weighted by atomic mass is 9.87. The monoisotopic (exact) mass is 458 g/mol. The minimum Gasteiger partial charge on any atom is -0.462 e. The van der Waals surface area contributed by atoms with Gasteiger partial charge < -0.3 is 15.8 Å². The van der Waals surface area contributed by atoms with Crippen molar-refractivity contribution in [2.75, 3.05) is 18.2 Å². The SMILES string of the molecule is CCC1(NCc2cc(C(=O)OCCCCCl)cc(Br)c2N)CCCCCC1. The van der Waals surface area contributed by atoms with Gasteiger partial charge in [-0.05, 0) is 65.7 Å². The minimum atomic E-state index is -0.314. The summed E-state index contributed by atoms with van der Waals surface area (Å²) >= 11 is 9.15. The molecule has 0 spiro atoms. The molecule has 4 nitrogen and oxygen atoms in total. The summed E-state index contributed by atoms with van der Waals surface area (Å²) < 4.78 is 6.09. The number of nitrogens with one attached hydrogen (secondary N) is 1. The molecule has 0 aromatic heterocycles. The Kier molecular flexibility index (Phi) is 9.40. The van der Waals surface area contributed by atoms with Crippen molar-refractivity contribution in [2.24, 2.45) is 0 Å². The molecule has 0 heterocycles. The number of hydrogen-bond acceptors (Lipinski definition) is 4. The van der Waals surface area contributed by atoms with Gasteiger partial charge in [0.05, 0.1) is 17.9 Å². The molecule has 152 valence electrons. The van der Waals surface area contributed by atoms with E-state index in [0.29, 0.717) is 30.3 Å². The zero-order valence-electron chi connectivity index (χ0n) is 16.3. The Morgan fingerprint density at radius 2 is 1.96 bits per heavy atom. The average Bonchev–Trinajstić information content (AvgIpc) is 2.92. The molecule has 1 aliphatic carbocycles. The molecule has 27 heavy (non-hydrogen) atoms. The van der Waals surface area contributed by atoms with Crippen LogP contribution in [0.25, 0.3) is 0 Å². The predicted molar refractivity (Wildman–Crippen MR) is 116 cm³/mol. The fourth-order valence-electron chi connectivity index (χ4n) is 3.73. The average molecular weight is 460 g/mol. The maximum Gasteiger partial charge on any atom is 0.338 e. The van der Waals surface area contributed by atoms with E-state index in [-0.39, 0.29) is 11.5 Å². The van der Waals surface area contributed by atoms with E-state index in [9.17, 15) is 4.79 Å². The zero-order valence-corrected chi connectivity index (χ0v) is 18.6. The summed E-state index contributed by atoms with van der Waals surface area (Å²) in [5, 5.41) is 3.77. The van der Waals surface area contributed by atoms with Crippen molar-refractivity contribution in [3.63, 3.8) is 0 Å². The van der Waals surface area contributed by atoms with Crippen LogP contribution in [0.2, 0.25) is 0 Å². The van der Waals surface area contributed by atoms with Crippen LogP contribution in [-0.4, -0.2) is 24.0 Å². The lowest BCUT2D eigenvalue weighted by Crippen LogP contribution is -2.43. The van der Waals surface area contributed by atoms with E-state index in [1.165, 1.54) is 38.5 Å². The van der Waals surface area contributed by atoms with Crippen molar-refractivity contribution < 1.29 is 9.53 Å². The number of esters is 1. The normalized spacial score (nSPS) is 16.7. The third kappa shape index (κ3) is 6.65. The van der Waals surface area contributed by atoms with E-state index >= 15 is 0 Å². The molecule has 0 unspecified atom stereocenters. The number of carbonyl (C=O) groups is 1. The second-order valence-corrected chi connectivity index (χ2v) is 8.70. The molecule has 1 aliphatic rings. The van der Waals surface area contributed by atoms with Gasteiger partial charge in [-0.25, -0.2) is 4.79 Å². The van der Waals surface area contributed by atoms with E-state index < -0.39 is 0 Å². The summed E-state index contributed by atoms with van der Waals surface area (Å²) in [4.78, 5) is 12.4. The molecule has 2 rings (SSSR count). The van der Waals surface area contributed by atoms with Crippen LogP contribution in [0.15, 0.2) is 16.6 Å². The molecule has 0 saturated heterocycles. The molecular weight excluding hydrogens is 428 g/mol. The second kappa shape index (κ2) is 11.3. The van der Waals surface area contributed by atoms with Gasteiger partial charge in [-0.3, -0.25) is 0 Å². The Morgan fingerprint density at radius 1 is 1.26 bits per heavy atom. The van der Waals surface area contributed by atoms with Gasteiger partial charge in [0, 0.05) is 22.4 Å². The first-order valence-electron chi connectivity index (χ1n) is 10.1. The Balaban J connectivity index is 2.07. The van der Waals surface area contributed by atoms with Gasteiger partial charge in [0.2, 0.25) is 0 Å². The lowest BCUT2D eigenvalue weighted by Gasteiger charge is -2.33. The fourth-order valence-corrected chi connectivity index (χ4v) is 4.42. The summed E-state index contributed by atoms with van der Waals surface area (Å²) in [5.74, 6) is 0.270. The van der Waals surface area contributed by atoms with Gasteiger partial charge in [0.25, 0.3) is 0 Å². The van der Waals surface area contributed by atoms with E-state index in [0.717, 1.165) is 29.3 Å². The number of anilines is 1. The number of unbranched alkanes of at least 4 members (excludes halogenated alkanes) is 1. The third-order valence-corrected chi connectivity index (χ3v) is 6.53. The molecular formula is C21H32BrClN2O2. The van der Waals surface area contributed by atoms with Gasteiger partial charge >= 0.3 is 5.97 Å². The highest BCUT2D eigenvalue weighted by Crippen LogP contribution is 2.32. The largest absolute Gasteiger partial charge is 0.462 e. The van der Waals surface area contributed by atoms with Crippen LogP contribution >= 0.6 is 27.5 Å². The van der Waals surface area contributed by atoms with Crippen molar-refractivity contribution in [1.82, 2.24) is 5.32 Å². The van der Waals surface area contributed by atoms with E-state index in [2.05, 4.69) is 28.2 Å². The molecule has 0 bridgehead atoms. The van der Waals surface area contributed by atoms with Gasteiger partial charge in [0.1, 0.15) is 0 Å². The zero-order chi connectivity index (χ0) is 19.7. The molecule has 1 aromatic rings. The van der Waals surface area contributed by atoms with Crippen LogP contribution in [0.3, 0.4) is 0 Å². The fraction of sp³-hybridized carbons (Fsp3) is 0.667. The molecule has 0 radical (unpaired) electrons. The highest BCUT2D eigenvalue weighted by Gasteiger charge is 2.28. The highest BCUT2D eigenvalue weighted by atomic mass is 79.9. The Hall–Kier alpha value is -0.780. The number of hydrogen-bond donors (Lipinski definition) is 2. The van der Waals surface area contributed by atoms with Crippen molar-refractivity contribution in [3.05, 3.63) is 27.7 Å². The number of nitrogen functional groups attached to an aromatic ring is 1. The maximum absolute atomic E-state index is 12.4. The Labute approximate surface area is 176 Å². The van der Waals surface area contributed by atoms with Crippen LogP contribution in [0, 0.1) is 0 Å². The number of nitrogens with two attached hydrogens (primary N) is 1. The maximum atomic E-state index is 12.4. The van der Waals surface area contributed by atoms with Gasteiger partial charge in [-0.1, -0.05) is 32.6 Å². The molecule has 0 amide bonds. The van der Waals surface area contributed by atoms with Gasteiger partial charge in [0.15, 0.2) is 0 Å². The lowest BCUT2D eigenvalue weighted by molar-refractivity contribution is 0.0499. The van der Waals surface area contributed by atoms with Gasteiger partial charge in [-0.15, -0.1) is 11.6 Å². The second-order valence-electron chi connectivity index (χ2n) is 7.46. The van der Waals surface area contributed by atoms with Crippen LogP contribution in [0.1, 0.15) is 80.6 Å². The smallest absolute Gasteiger partial charge is 0.338 e. The third-order valence-electron chi connectivity index (χ3n) is 5.60. The molecule has 0 aliphatic heterocycles. The molecule has 1 aromatic carbocycles. The standard InChI is InChI=1S/C21H32BrClN2O2/c1-2-21(9-5-3-4-6-10-21)25-15-17-13-16(14-18(22)19(17)24)20(26)27-12-8-7-11-23/h13-14,25H,2-12,15,24H2,1H3. The summed E-state index contributed by atoms with van der Waals surface area (Å²) in [6, 6.07) is 3.60. The predicted octanol–water partition coefficient (Wildman–Crippen LogP) is 5.80. The van der Waals surface area contributed by atoms with E-state index in [1.54, 1.807) is 6.07 Å². The van der Waals surface area contributed by atoms with Crippen LogP contribution in [0.4, 0.5) is 5.69 Å². The Bertz CT molecular complexity index is 616. The van der Waals surface area contributed by atoms with E-state index in [1.807, 2.05) is 6.07 Å². The number of rotatable bonds is 9. The van der Waals surface area contributed by atoms with Crippen molar-refractivity contribution in [2.45, 2.75) is 76.8 Å². The quantitative estimate of drug-likeness (QED) is 0.161. The molecule has 1 fully saturated rings. The van der Waals surface area contributed by atoms with Crippen molar-refractivity contribution in [3.8, 4) is 0 Å². The molecule has 6 heteroatoms. The summed E-state index contributed by atoms with van der Waals surface area (Å²) in [6.45, 7) is 3.30. The first-order chi connectivity index (χ1) is 13.0. The molecule has 1 saturated carbocycles. The van der Waals surface area contributed by atoms with Crippen molar-refractivity contribution in [1.29, 1.82) is 0 Å². The number of alkyl halides is 1. The van der Waals surface area contributed by atoms with E-state index in [4.69, 9.17) is 22.1 Å². The Morgan fingerprint density at radius 3 is 2.59 bits per heavy atom. The number of ether oxygens (including phenoxy) is 1. The van der Waals surface area contributed by atoms with Gasteiger partial charge in [-0.2, -0.15) is 0 Å². The summed E-state index contributed by atoms with van der Waals surface area (Å²) in [6.07, 6.45) is 10.3. The number of halogens is 2. The van der Waals surface area contributed by atoms with Crippen LogP contribution in [0.5, 0.6) is 0 Å². The van der Waals surface area contributed by atoms with Crippen LogP contribution < -0.4 is 11.1 Å². The molecule has 0 atom stereocenters. The first kappa shape index (κ1) is 22.5. The summed E-state index contributed by atoms with van der Waals surface area (Å²) in [5.41, 5.74) is 8.60. The number of benzene rings is 1. The summed E-state index contributed by atoms with van der Waals surface area (Å²) in [7, 11) is 0. The van der Waals surface area contributed by atoms with Crippen LogP contribution in [-0.2, 0) is 11.3 Å². The molecule has 3 N–H and O–H groups in total. The van der Waals surface area contributed by atoms with Crippen molar-refractivity contribution >= 4 is 39.2 Å². The first-order valence-corrected chi connectivity index (χ1v) is 11.4.